The second kappa shape index (κ2) is 8.48. The van der Waals surface area contributed by atoms with E-state index in [1.54, 1.807) is 27.4 Å². The standard InChI is InChI=1S/C14H24N2O3/c1-17-8-6-4-5-7-16-12-10-14(19-3)13(18-2)9-11(12)15/h9-10,16H,4-8,15H2,1-3H3. The van der Waals surface area contributed by atoms with E-state index >= 15 is 0 Å². The molecule has 108 valence electrons. The lowest BCUT2D eigenvalue weighted by Crippen LogP contribution is -2.05. The molecule has 0 saturated carbocycles. The van der Waals surface area contributed by atoms with Gasteiger partial charge in [0.15, 0.2) is 11.5 Å². The molecule has 3 N–H and O–H groups in total. The number of hydrogen-bond acceptors (Lipinski definition) is 5. The van der Waals surface area contributed by atoms with E-state index in [9.17, 15) is 0 Å². The normalized spacial score (nSPS) is 10.3. The van der Waals surface area contributed by atoms with Gasteiger partial charge in [0.2, 0.25) is 0 Å². The highest BCUT2D eigenvalue weighted by Gasteiger charge is 2.08. The van der Waals surface area contributed by atoms with E-state index in [-0.39, 0.29) is 0 Å². The van der Waals surface area contributed by atoms with Crippen molar-refractivity contribution in [1.29, 1.82) is 0 Å². The number of methoxy groups -OCH3 is 3. The van der Waals surface area contributed by atoms with Gasteiger partial charge in [0.1, 0.15) is 0 Å². The summed E-state index contributed by atoms with van der Waals surface area (Å²) in [5.41, 5.74) is 7.51. The fourth-order valence-corrected chi connectivity index (χ4v) is 1.82. The summed E-state index contributed by atoms with van der Waals surface area (Å²) in [6.07, 6.45) is 3.30. The van der Waals surface area contributed by atoms with Gasteiger partial charge in [-0.3, -0.25) is 0 Å². The van der Waals surface area contributed by atoms with Crippen molar-refractivity contribution in [2.45, 2.75) is 19.3 Å². The smallest absolute Gasteiger partial charge is 0.162 e. The van der Waals surface area contributed by atoms with Crippen LogP contribution in [0.25, 0.3) is 0 Å². The fourth-order valence-electron chi connectivity index (χ4n) is 1.82. The first kappa shape index (κ1) is 15.4. The molecule has 0 amide bonds. The minimum absolute atomic E-state index is 0.644. The Labute approximate surface area is 115 Å². The van der Waals surface area contributed by atoms with E-state index in [2.05, 4.69) is 5.32 Å². The number of unbranched alkanes of at least 4 members (excludes halogenated alkanes) is 2. The van der Waals surface area contributed by atoms with Crippen LogP contribution in [0.3, 0.4) is 0 Å². The summed E-state index contributed by atoms with van der Waals surface area (Å²) in [5, 5.41) is 3.31. The van der Waals surface area contributed by atoms with Crippen LogP contribution in [0.2, 0.25) is 0 Å². The zero-order valence-corrected chi connectivity index (χ0v) is 12.0. The SMILES string of the molecule is COCCCCCNc1cc(OC)c(OC)cc1N. The highest BCUT2D eigenvalue weighted by Crippen LogP contribution is 2.34. The number of hydrogen-bond donors (Lipinski definition) is 2. The average molecular weight is 268 g/mol. The third-order valence-corrected chi connectivity index (χ3v) is 2.90. The Morgan fingerprint density at radius 1 is 1.00 bits per heavy atom. The Balaban J connectivity index is 2.49. The third kappa shape index (κ3) is 4.87. The van der Waals surface area contributed by atoms with Crippen molar-refractivity contribution in [1.82, 2.24) is 0 Å². The number of nitrogens with two attached hydrogens (primary N) is 1. The van der Waals surface area contributed by atoms with Crippen LogP contribution in [-0.2, 0) is 4.74 Å². The first-order valence-electron chi connectivity index (χ1n) is 6.47. The molecule has 1 aromatic rings. The molecule has 0 saturated heterocycles. The monoisotopic (exact) mass is 268 g/mol. The van der Waals surface area contributed by atoms with Crippen LogP contribution >= 0.6 is 0 Å². The number of anilines is 2. The molecule has 5 nitrogen and oxygen atoms in total. The lowest BCUT2D eigenvalue weighted by Gasteiger charge is -2.14. The molecule has 0 bridgehead atoms. The lowest BCUT2D eigenvalue weighted by atomic mass is 10.2. The fraction of sp³-hybridized carbons (Fsp3) is 0.571. The van der Waals surface area contributed by atoms with Gasteiger partial charge in [-0.1, -0.05) is 0 Å². The summed E-state index contributed by atoms with van der Waals surface area (Å²) >= 11 is 0. The summed E-state index contributed by atoms with van der Waals surface area (Å²) in [6.45, 7) is 1.70. The molecule has 0 aliphatic heterocycles. The maximum atomic E-state index is 5.96. The predicted molar refractivity (Wildman–Crippen MR) is 78.2 cm³/mol. The van der Waals surface area contributed by atoms with Crippen molar-refractivity contribution in [2.24, 2.45) is 0 Å². The highest BCUT2D eigenvalue weighted by atomic mass is 16.5. The van der Waals surface area contributed by atoms with E-state index in [1.807, 2.05) is 6.07 Å². The Hall–Kier alpha value is -1.62. The van der Waals surface area contributed by atoms with Gasteiger partial charge in [-0.2, -0.15) is 0 Å². The van der Waals surface area contributed by atoms with Gasteiger partial charge in [0, 0.05) is 32.4 Å². The van der Waals surface area contributed by atoms with Gasteiger partial charge >= 0.3 is 0 Å². The quantitative estimate of drug-likeness (QED) is 0.532. The third-order valence-electron chi connectivity index (χ3n) is 2.90. The number of nitrogens with one attached hydrogen (secondary N) is 1. The Morgan fingerprint density at radius 2 is 1.68 bits per heavy atom. The van der Waals surface area contributed by atoms with E-state index in [4.69, 9.17) is 19.9 Å². The van der Waals surface area contributed by atoms with Gasteiger partial charge in [0.25, 0.3) is 0 Å². The number of benzene rings is 1. The summed E-state index contributed by atoms with van der Waals surface area (Å²) in [5.74, 6) is 1.32. The molecule has 0 spiro atoms. The molecular weight excluding hydrogens is 244 g/mol. The number of nitrogen functional groups attached to an aromatic ring is 1. The predicted octanol–water partition coefficient (Wildman–Crippen LogP) is 2.51. The summed E-state index contributed by atoms with van der Waals surface area (Å²) in [7, 11) is 4.94. The molecule has 1 aromatic carbocycles. The molecule has 1 rings (SSSR count). The van der Waals surface area contributed by atoms with Gasteiger partial charge in [0.05, 0.1) is 25.6 Å². The molecule has 0 unspecified atom stereocenters. The maximum Gasteiger partial charge on any atom is 0.162 e. The van der Waals surface area contributed by atoms with Gasteiger partial charge in [-0.15, -0.1) is 0 Å². The van der Waals surface area contributed by atoms with Crippen LogP contribution in [0.1, 0.15) is 19.3 Å². The molecule has 0 radical (unpaired) electrons. The van der Waals surface area contributed by atoms with Crippen LogP contribution in [0, 0.1) is 0 Å². The zero-order valence-electron chi connectivity index (χ0n) is 12.0. The molecular formula is C14H24N2O3. The maximum absolute atomic E-state index is 5.96. The zero-order chi connectivity index (χ0) is 14.1. The molecule has 0 fully saturated rings. The molecule has 0 heterocycles. The van der Waals surface area contributed by atoms with E-state index in [0.717, 1.165) is 38.1 Å². The van der Waals surface area contributed by atoms with Crippen molar-refractivity contribution in [2.75, 3.05) is 45.5 Å². The molecule has 0 aliphatic rings. The average Bonchev–Trinajstić information content (AvgIpc) is 2.43. The second-order valence-corrected chi connectivity index (χ2v) is 4.27. The van der Waals surface area contributed by atoms with Crippen molar-refractivity contribution < 1.29 is 14.2 Å². The first-order valence-corrected chi connectivity index (χ1v) is 6.47. The van der Waals surface area contributed by atoms with Crippen LogP contribution in [0.4, 0.5) is 11.4 Å². The van der Waals surface area contributed by atoms with Crippen LogP contribution in [0.15, 0.2) is 12.1 Å². The van der Waals surface area contributed by atoms with E-state index < -0.39 is 0 Å². The first-order chi connectivity index (χ1) is 9.22. The Morgan fingerprint density at radius 3 is 2.32 bits per heavy atom. The molecule has 19 heavy (non-hydrogen) atoms. The Kier molecular flexibility index (Phi) is 6.89. The minimum atomic E-state index is 0.644. The van der Waals surface area contributed by atoms with Crippen molar-refractivity contribution in [3.8, 4) is 11.5 Å². The highest BCUT2D eigenvalue weighted by molar-refractivity contribution is 5.71. The van der Waals surface area contributed by atoms with E-state index in [1.165, 1.54) is 0 Å². The molecule has 0 aliphatic carbocycles. The topological polar surface area (TPSA) is 65.7 Å². The number of ether oxygens (including phenoxy) is 3. The summed E-state index contributed by atoms with van der Waals surface area (Å²) < 4.78 is 15.5. The Bertz CT molecular complexity index is 383. The minimum Gasteiger partial charge on any atom is -0.493 e. The van der Waals surface area contributed by atoms with Crippen LogP contribution < -0.4 is 20.5 Å². The van der Waals surface area contributed by atoms with E-state index in [0.29, 0.717) is 17.2 Å². The largest absolute Gasteiger partial charge is 0.493 e. The van der Waals surface area contributed by atoms with Gasteiger partial charge in [-0.25, -0.2) is 0 Å². The second-order valence-electron chi connectivity index (χ2n) is 4.27. The van der Waals surface area contributed by atoms with Gasteiger partial charge in [-0.05, 0) is 19.3 Å². The van der Waals surface area contributed by atoms with Crippen LogP contribution in [-0.4, -0.2) is 34.5 Å². The van der Waals surface area contributed by atoms with Crippen molar-refractivity contribution >= 4 is 11.4 Å². The molecule has 0 atom stereocenters. The van der Waals surface area contributed by atoms with Crippen molar-refractivity contribution in [3.05, 3.63) is 12.1 Å². The summed E-state index contributed by atoms with van der Waals surface area (Å²) in [6, 6.07) is 3.63. The van der Waals surface area contributed by atoms with Crippen molar-refractivity contribution in [3.63, 3.8) is 0 Å². The summed E-state index contributed by atoms with van der Waals surface area (Å²) in [4.78, 5) is 0. The number of rotatable bonds is 9. The lowest BCUT2D eigenvalue weighted by molar-refractivity contribution is 0.192. The van der Waals surface area contributed by atoms with Crippen LogP contribution in [0.5, 0.6) is 11.5 Å². The van der Waals surface area contributed by atoms with Gasteiger partial charge < -0.3 is 25.3 Å². The molecule has 5 heteroatoms. The molecule has 0 aromatic heterocycles.